The molecule has 0 spiro atoms. The summed E-state index contributed by atoms with van der Waals surface area (Å²) in [6.45, 7) is 3.73. The summed E-state index contributed by atoms with van der Waals surface area (Å²) in [5.41, 5.74) is 0. The van der Waals surface area contributed by atoms with E-state index in [-0.39, 0.29) is 22.9 Å². The van der Waals surface area contributed by atoms with Gasteiger partial charge in [0.1, 0.15) is 0 Å². The van der Waals surface area contributed by atoms with Gasteiger partial charge in [-0.2, -0.15) is 4.31 Å². The highest BCUT2D eigenvalue weighted by atomic mass is 35.5. The first kappa shape index (κ1) is 21.6. The summed E-state index contributed by atoms with van der Waals surface area (Å²) in [5, 5.41) is 3.61. The number of hydrogen-bond donors (Lipinski definition) is 1. The SMILES string of the molecule is CC(C(=O)NC1CCCCCC1)N1CCN(S(=O)(=O)c2cccc(Cl)c2)CC1. The predicted octanol–water partition coefficient (Wildman–Crippen LogP) is 2.87. The van der Waals surface area contributed by atoms with Crippen molar-refractivity contribution in [1.82, 2.24) is 14.5 Å². The van der Waals surface area contributed by atoms with Gasteiger partial charge < -0.3 is 5.32 Å². The summed E-state index contributed by atoms with van der Waals surface area (Å²) in [6.07, 6.45) is 6.99. The third kappa shape index (κ3) is 5.26. The van der Waals surface area contributed by atoms with Gasteiger partial charge in [0.05, 0.1) is 10.9 Å². The van der Waals surface area contributed by atoms with Gasteiger partial charge in [-0.05, 0) is 38.0 Å². The zero-order chi connectivity index (χ0) is 20.1. The minimum absolute atomic E-state index is 0.0537. The Morgan fingerprint density at radius 3 is 2.36 bits per heavy atom. The first-order valence-corrected chi connectivity index (χ1v) is 12.0. The number of benzene rings is 1. The normalized spacial score (nSPS) is 21.8. The van der Waals surface area contributed by atoms with Crippen LogP contribution < -0.4 is 5.32 Å². The molecular formula is C20H30ClN3O3S. The van der Waals surface area contributed by atoms with Crippen molar-refractivity contribution in [3.05, 3.63) is 29.3 Å². The highest BCUT2D eigenvalue weighted by Gasteiger charge is 2.32. The van der Waals surface area contributed by atoms with E-state index < -0.39 is 10.0 Å². The fourth-order valence-electron chi connectivity index (χ4n) is 4.02. The molecule has 1 saturated heterocycles. The smallest absolute Gasteiger partial charge is 0.243 e. The Morgan fingerprint density at radius 2 is 1.75 bits per heavy atom. The van der Waals surface area contributed by atoms with Crippen molar-refractivity contribution < 1.29 is 13.2 Å². The van der Waals surface area contributed by atoms with Crippen molar-refractivity contribution in [2.45, 2.75) is 62.4 Å². The molecule has 1 aliphatic carbocycles. The van der Waals surface area contributed by atoms with E-state index in [1.165, 1.54) is 36.1 Å². The monoisotopic (exact) mass is 427 g/mol. The van der Waals surface area contributed by atoms with Crippen molar-refractivity contribution in [2.24, 2.45) is 0 Å². The van der Waals surface area contributed by atoms with E-state index in [0.717, 1.165) is 12.8 Å². The van der Waals surface area contributed by atoms with Crippen LogP contribution in [0, 0.1) is 0 Å². The number of carbonyl (C=O) groups excluding carboxylic acids is 1. The van der Waals surface area contributed by atoms with Crippen molar-refractivity contribution in [3.8, 4) is 0 Å². The molecule has 0 bridgehead atoms. The molecule has 1 amide bonds. The van der Waals surface area contributed by atoms with Gasteiger partial charge in [0.2, 0.25) is 15.9 Å². The zero-order valence-corrected chi connectivity index (χ0v) is 18.0. The molecular weight excluding hydrogens is 398 g/mol. The second-order valence-electron chi connectivity index (χ2n) is 7.77. The molecule has 2 aliphatic rings. The van der Waals surface area contributed by atoms with Gasteiger partial charge in [-0.1, -0.05) is 43.4 Å². The van der Waals surface area contributed by atoms with E-state index in [1.807, 2.05) is 6.92 Å². The van der Waals surface area contributed by atoms with Crippen molar-refractivity contribution >= 4 is 27.5 Å². The molecule has 1 atom stereocenters. The number of halogens is 1. The summed E-state index contributed by atoms with van der Waals surface area (Å²) in [5.74, 6) is 0.0537. The summed E-state index contributed by atoms with van der Waals surface area (Å²) < 4.78 is 27.1. The summed E-state index contributed by atoms with van der Waals surface area (Å²) in [4.78, 5) is 14.9. The number of nitrogens with zero attached hydrogens (tertiary/aromatic N) is 2. The fourth-order valence-corrected chi connectivity index (χ4v) is 5.74. The topological polar surface area (TPSA) is 69.7 Å². The second-order valence-corrected chi connectivity index (χ2v) is 10.1. The summed E-state index contributed by atoms with van der Waals surface area (Å²) in [6, 6.07) is 6.38. The zero-order valence-electron chi connectivity index (χ0n) is 16.4. The molecule has 2 fully saturated rings. The van der Waals surface area contributed by atoms with E-state index in [2.05, 4.69) is 10.2 Å². The molecule has 1 unspecified atom stereocenters. The quantitative estimate of drug-likeness (QED) is 0.733. The van der Waals surface area contributed by atoms with E-state index >= 15 is 0 Å². The molecule has 1 saturated carbocycles. The van der Waals surface area contributed by atoms with Crippen LogP contribution in [0.4, 0.5) is 0 Å². The molecule has 1 N–H and O–H groups in total. The number of hydrogen-bond acceptors (Lipinski definition) is 4. The van der Waals surface area contributed by atoms with E-state index in [9.17, 15) is 13.2 Å². The highest BCUT2D eigenvalue weighted by Crippen LogP contribution is 2.22. The Labute approximate surface area is 173 Å². The van der Waals surface area contributed by atoms with Crippen LogP contribution in [0.1, 0.15) is 45.4 Å². The maximum Gasteiger partial charge on any atom is 0.243 e. The molecule has 0 radical (unpaired) electrons. The van der Waals surface area contributed by atoms with E-state index in [1.54, 1.807) is 18.2 Å². The number of sulfonamides is 1. The van der Waals surface area contributed by atoms with Gasteiger partial charge in [-0.15, -0.1) is 0 Å². The molecule has 1 heterocycles. The van der Waals surface area contributed by atoms with Crippen LogP contribution in [0.2, 0.25) is 5.02 Å². The number of amides is 1. The third-order valence-electron chi connectivity index (χ3n) is 5.84. The Hall–Kier alpha value is -1.15. The lowest BCUT2D eigenvalue weighted by Gasteiger charge is -2.37. The number of rotatable bonds is 5. The van der Waals surface area contributed by atoms with Gasteiger partial charge >= 0.3 is 0 Å². The van der Waals surface area contributed by atoms with Gasteiger partial charge in [0.15, 0.2) is 0 Å². The summed E-state index contributed by atoms with van der Waals surface area (Å²) in [7, 11) is -3.56. The Bertz CT molecular complexity index is 771. The van der Waals surface area contributed by atoms with Gasteiger partial charge in [0, 0.05) is 37.2 Å². The molecule has 1 aliphatic heterocycles. The van der Waals surface area contributed by atoms with Crippen LogP contribution in [-0.2, 0) is 14.8 Å². The predicted molar refractivity (Wildman–Crippen MR) is 111 cm³/mol. The molecule has 28 heavy (non-hydrogen) atoms. The average molecular weight is 428 g/mol. The minimum Gasteiger partial charge on any atom is -0.352 e. The lowest BCUT2D eigenvalue weighted by molar-refractivity contribution is -0.127. The maximum atomic E-state index is 12.8. The second kappa shape index (κ2) is 9.57. The van der Waals surface area contributed by atoms with Crippen LogP contribution in [0.15, 0.2) is 29.2 Å². The van der Waals surface area contributed by atoms with Crippen LogP contribution in [0.3, 0.4) is 0 Å². The van der Waals surface area contributed by atoms with Crippen molar-refractivity contribution in [3.63, 3.8) is 0 Å². The Balaban J connectivity index is 1.54. The maximum absolute atomic E-state index is 12.8. The Morgan fingerprint density at radius 1 is 1.11 bits per heavy atom. The van der Waals surface area contributed by atoms with Crippen LogP contribution in [-0.4, -0.2) is 61.8 Å². The Kier molecular flexibility index (Phi) is 7.36. The molecule has 1 aromatic rings. The molecule has 1 aromatic carbocycles. The average Bonchev–Trinajstić information content (AvgIpc) is 2.96. The lowest BCUT2D eigenvalue weighted by Crippen LogP contribution is -2.55. The number of carbonyl (C=O) groups is 1. The third-order valence-corrected chi connectivity index (χ3v) is 7.97. The van der Waals surface area contributed by atoms with Crippen LogP contribution in [0.25, 0.3) is 0 Å². The van der Waals surface area contributed by atoms with E-state index in [0.29, 0.717) is 31.2 Å². The number of nitrogens with one attached hydrogen (secondary N) is 1. The number of piperazine rings is 1. The van der Waals surface area contributed by atoms with Gasteiger partial charge in [-0.3, -0.25) is 9.69 Å². The molecule has 3 rings (SSSR count). The standard InChI is InChI=1S/C20H30ClN3O3S/c1-16(20(25)22-18-8-4-2-3-5-9-18)23-11-13-24(14-12-23)28(26,27)19-10-6-7-17(21)15-19/h6-7,10,15-16,18H,2-5,8-9,11-14H2,1H3,(H,22,25). The molecule has 156 valence electrons. The van der Waals surface area contributed by atoms with Crippen LogP contribution in [0.5, 0.6) is 0 Å². The van der Waals surface area contributed by atoms with Crippen molar-refractivity contribution in [2.75, 3.05) is 26.2 Å². The minimum atomic E-state index is -3.56. The van der Waals surface area contributed by atoms with Gasteiger partial charge in [-0.25, -0.2) is 8.42 Å². The molecule has 8 heteroatoms. The van der Waals surface area contributed by atoms with Gasteiger partial charge in [0.25, 0.3) is 0 Å². The molecule has 0 aromatic heterocycles. The van der Waals surface area contributed by atoms with Crippen molar-refractivity contribution in [1.29, 1.82) is 0 Å². The largest absolute Gasteiger partial charge is 0.352 e. The summed E-state index contributed by atoms with van der Waals surface area (Å²) >= 11 is 5.94. The van der Waals surface area contributed by atoms with Crippen LogP contribution >= 0.6 is 11.6 Å². The molecule has 6 nitrogen and oxygen atoms in total. The first-order valence-electron chi connectivity index (χ1n) is 10.2. The first-order chi connectivity index (χ1) is 13.4. The fraction of sp³-hybridized carbons (Fsp3) is 0.650. The highest BCUT2D eigenvalue weighted by molar-refractivity contribution is 7.89. The lowest BCUT2D eigenvalue weighted by atomic mass is 10.1. The van der Waals surface area contributed by atoms with E-state index in [4.69, 9.17) is 11.6 Å².